The van der Waals surface area contributed by atoms with Gasteiger partial charge in [0.1, 0.15) is 5.75 Å². The van der Waals surface area contributed by atoms with Gasteiger partial charge in [0.15, 0.2) is 0 Å². The van der Waals surface area contributed by atoms with E-state index in [0.717, 1.165) is 11.3 Å². The van der Waals surface area contributed by atoms with Gasteiger partial charge < -0.3 is 9.84 Å². The third kappa shape index (κ3) is 2.81. The fourth-order valence-electron chi connectivity index (χ4n) is 1.36. The van der Waals surface area contributed by atoms with Crippen LogP contribution >= 0.6 is 0 Å². The molecular weight excluding hydrogens is 202 g/mol. The lowest BCUT2D eigenvalue weighted by Gasteiger charge is -2.04. The highest BCUT2D eigenvalue weighted by molar-refractivity contribution is 5.27. The zero-order chi connectivity index (χ0) is 11.2. The number of aliphatic hydroxyl groups excluding tert-OH is 1. The number of hydrogen-bond acceptors (Lipinski definition) is 3. The second kappa shape index (κ2) is 5.28. The molecule has 0 fully saturated rings. The van der Waals surface area contributed by atoms with Gasteiger partial charge in [-0.2, -0.15) is 0 Å². The van der Waals surface area contributed by atoms with Crippen molar-refractivity contribution in [3.8, 4) is 11.6 Å². The molecule has 1 heterocycles. The maximum Gasteiger partial charge on any atom is 0.219 e. The monoisotopic (exact) mass is 215 g/mol. The minimum Gasteiger partial charge on any atom is -0.439 e. The Morgan fingerprint density at radius 1 is 1.06 bits per heavy atom. The molecule has 0 radical (unpaired) electrons. The zero-order valence-electron chi connectivity index (χ0n) is 8.84. The summed E-state index contributed by atoms with van der Waals surface area (Å²) < 4.78 is 5.54. The Balaban J connectivity index is 2.05. The van der Waals surface area contributed by atoms with Gasteiger partial charge in [0.05, 0.1) is 0 Å². The normalized spacial score (nSPS) is 10.1. The number of rotatable bonds is 4. The molecule has 82 valence electrons. The van der Waals surface area contributed by atoms with E-state index in [4.69, 9.17) is 9.84 Å². The second-order valence-electron chi connectivity index (χ2n) is 3.39. The molecule has 0 unspecified atom stereocenters. The van der Waals surface area contributed by atoms with Gasteiger partial charge in [0.2, 0.25) is 5.88 Å². The van der Waals surface area contributed by atoms with E-state index in [1.165, 1.54) is 0 Å². The molecule has 2 aromatic rings. The minimum atomic E-state index is 0.139. The first-order valence-corrected chi connectivity index (χ1v) is 5.17. The maximum atomic E-state index is 8.77. The minimum absolute atomic E-state index is 0.139. The molecule has 0 amide bonds. The van der Waals surface area contributed by atoms with Crippen molar-refractivity contribution in [3.05, 3.63) is 54.2 Å². The highest BCUT2D eigenvalue weighted by atomic mass is 16.5. The van der Waals surface area contributed by atoms with Crippen molar-refractivity contribution in [2.75, 3.05) is 6.61 Å². The van der Waals surface area contributed by atoms with Gasteiger partial charge in [-0.25, -0.2) is 4.98 Å². The molecule has 3 heteroatoms. The van der Waals surface area contributed by atoms with Crippen molar-refractivity contribution in [2.45, 2.75) is 6.42 Å². The molecule has 0 saturated carbocycles. The third-order valence-corrected chi connectivity index (χ3v) is 2.16. The molecule has 0 saturated heterocycles. The first kappa shape index (κ1) is 10.6. The summed E-state index contributed by atoms with van der Waals surface area (Å²) in [6.07, 6.45) is 2.34. The zero-order valence-corrected chi connectivity index (χ0v) is 8.84. The SMILES string of the molecule is OCCc1ccc(Oc2ccccc2)nc1. The van der Waals surface area contributed by atoms with Gasteiger partial charge in [0.25, 0.3) is 0 Å². The van der Waals surface area contributed by atoms with Gasteiger partial charge >= 0.3 is 0 Å². The van der Waals surface area contributed by atoms with Crippen LogP contribution in [-0.4, -0.2) is 16.7 Å². The van der Waals surface area contributed by atoms with E-state index in [0.29, 0.717) is 12.3 Å². The predicted molar refractivity (Wildman–Crippen MR) is 61.5 cm³/mol. The lowest BCUT2D eigenvalue weighted by atomic mass is 10.2. The molecule has 2 rings (SSSR count). The average molecular weight is 215 g/mol. The quantitative estimate of drug-likeness (QED) is 0.851. The lowest BCUT2D eigenvalue weighted by molar-refractivity contribution is 0.299. The molecule has 1 N–H and O–H groups in total. The molecule has 0 spiro atoms. The average Bonchev–Trinajstić information content (AvgIpc) is 2.33. The van der Waals surface area contributed by atoms with E-state index < -0.39 is 0 Å². The molecule has 3 nitrogen and oxygen atoms in total. The summed E-state index contributed by atoms with van der Waals surface area (Å²) in [6.45, 7) is 0.139. The van der Waals surface area contributed by atoms with Gasteiger partial charge in [0, 0.05) is 18.9 Å². The number of aliphatic hydroxyl groups is 1. The molecule has 1 aromatic carbocycles. The molecule has 0 aliphatic heterocycles. The van der Waals surface area contributed by atoms with Crippen molar-refractivity contribution in [1.82, 2.24) is 4.98 Å². The molecule has 0 atom stereocenters. The largest absolute Gasteiger partial charge is 0.439 e. The summed E-state index contributed by atoms with van der Waals surface area (Å²) in [5.74, 6) is 1.33. The topological polar surface area (TPSA) is 42.4 Å². The van der Waals surface area contributed by atoms with Gasteiger partial charge in [-0.3, -0.25) is 0 Å². The van der Waals surface area contributed by atoms with Crippen LogP contribution in [0.2, 0.25) is 0 Å². The van der Waals surface area contributed by atoms with Gasteiger partial charge in [-0.05, 0) is 24.1 Å². The first-order valence-electron chi connectivity index (χ1n) is 5.17. The second-order valence-corrected chi connectivity index (χ2v) is 3.39. The molecule has 0 aliphatic carbocycles. The van der Waals surface area contributed by atoms with E-state index in [2.05, 4.69) is 4.98 Å². The van der Waals surface area contributed by atoms with Crippen LogP contribution in [0.25, 0.3) is 0 Å². The fourth-order valence-corrected chi connectivity index (χ4v) is 1.36. The molecule has 1 aromatic heterocycles. The van der Waals surface area contributed by atoms with Crippen molar-refractivity contribution in [3.63, 3.8) is 0 Å². The predicted octanol–water partition coefficient (Wildman–Crippen LogP) is 2.41. The molecule has 16 heavy (non-hydrogen) atoms. The van der Waals surface area contributed by atoms with E-state index >= 15 is 0 Å². The number of nitrogens with zero attached hydrogens (tertiary/aromatic N) is 1. The van der Waals surface area contributed by atoms with Crippen LogP contribution in [0.15, 0.2) is 48.7 Å². The molecule has 0 aliphatic rings. The number of benzene rings is 1. The van der Waals surface area contributed by atoms with Gasteiger partial charge in [-0.1, -0.05) is 24.3 Å². The number of para-hydroxylation sites is 1. The number of pyridine rings is 1. The van der Waals surface area contributed by atoms with Crippen LogP contribution in [-0.2, 0) is 6.42 Å². The Morgan fingerprint density at radius 2 is 1.88 bits per heavy atom. The Hall–Kier alpha value is -1.87. The highest BCUT2D eigenvalue weighted by Crippen LogP contribution is 2.18. The standard InChI is InChI=1S/C13H13NO2/c15-9-8-11-6-7-13(14-10-11)16-12-4-2-1-3-5-12/h1-7,10,15H,8-9H2. The van der Waals surface area contributed by atoms with Crippen molar-refractivity contribution >= 4 is 0 Å². The smallest absolute Gasteiger partial charge is 0.219 e. The summed E-state index contributed by atoms with van der Waals surface area (Å²) in [5, 5.41) is 8.77. The van der Waals surface area contributed by atoms with E-state index in [9.17, 15) is 0 Å². The summed E-state index contributed by atoms with van der Waals surface area (Å²) in [7, 11) is 0. The number of ether oxygens (including phenoxy) is 1. The number of hydrogen-bond donors (Lipinski definition) is 1. The lowest BCUT2D eigenvalue weighted by Crippen LogP contribution is -1.93. The van der Waals surface area contributed by atoms with Crippen LogP contribution in [0, 0.1) is 0 Å². The summed E-state index contributed by atoms with van der Waals surface area (Å²) in [6, 6.07) is 13.2. The molecule has 0 bridgehead atoms. The summed E-state index contributed by atoms with van der Waals surface area (Å²) >= 11 is 0. The van der Waals surface area contributed by atoms with Crippen LogP contribution in [0.5, 0.6) is 11.6 Å². The van der Waals surface area contributed by atoms with E-state index in [1.807, 2.05) is 36.4 Å². The van der Waals surface area contributed by atoms with Crippen molar-refractivity contribution < 1.29 is 9.84 Å². The number of aromatic nitrogens is 1. The van der Waals surface area contributed by atoms with Crippen LogP contribution in [0.4, 0.5) is 0 Å². The Kier molecular flexibility index (Phi) is 3.51. The van der Waals surface area contributed by atoms with Crippen LogP contribution in [0.3, 0.4) is 0 Å². The first-order chi connectivity index (χ1) is 7.88. The van der Waals surface area contributed by atoms with Crippen LogP contribution < -0.4 is 4.74 Å². The fraction of sp³-hybridized carbons (Fsp3) is 0.154. The Labute approximate surface area is 94.3 Å². The Bertz CT molecular complexity index is 425. The Morgan fingerprint density at radius 3 is 2.50 bits per heavy atom. The van der Waals surface area contributed by atoms with Gasteiger partial charge in [-0.15, -0.1) is 0 Å². The summed E-state index contributed by atoms with van der Waals surface area (Å²) in [5.41, 5.74) is 1.00. The third-order valence-electron chi connectivity index (χ3n) is 2.16. The molecular formula is C13H13NO2. The van der Waals surface area contributed by atoms with Crippen molar-refractivity contribution in [2.24, 2.45) is 0 Å². The van der Waals surface area contributed by atoms with Crippen molar-refractivity contribution in [1.29, 1.82) is 0 Å². The summed E-state index contributed by atoms with van der Waals surface area (Å²) in [4.78, 5) is 4.16. The van der Waals surface area contributed by atoms with Crippen LogP contribution in [0.1, 0.15) is 5.56 Å². The highest BCUT2D eigenvalue weighted by Gasteiger charge is 1.98. The maximum absolute atomic E-state index is 8.77. The van der Waals surface area contributed by atoms with E-state index in [-0.39, 0.29) is 6.61 Å². The van der Waals surface area contributed by atoms with E-state index in [1.54, 1.807) is 12.3 Å².